The molecule has 0 spiro atoms. The molecule has 7 nitrogen and oxygen atoms in total. The Morgan fingerprint density at radius 1 is 1.34 bits per heavy atom. The minimum absolute atomic E-state index is 0.0300. The van der Waals surface area contributed by atoms with Crippen LogP contribution in [0.25, 0.3) is 10.6 Å². The van der Waals surface area contributed by atoms with Crippen molar-refractivity contribution < 1.29 is 17.9 Å². The molecule has 3 aromatic rings. The number of halogens is 1. The molecule has 1 aliphatic heterocycles. The lowest BCUT2D eigenvalue weighted by molar-refractivity contribution is 0.102. The molecule has 1 fully saturated rings. The molecule has 0 unspecified atom stereocenters. The van der Waals surface area contributed by atoms with E-state index in [1.165, 1.54) is 18.4 Å². The molecule has 29 heavy (non-hydrogen) atoms. The highest BCUT2D eigenvalue weighted by Crippen LogP contribution is 2.33. The van der Waals surface area contributed by atoms with Gasteiger partial charge in [0.05, 0.1) is 40.3 Å². The third kappa shape index (κ3) is 4.17. The summed E-state index contributed by atoms with van der Waals surface area (Å²) >= 11 is 7.63. The maximum atomic E-state index is 12.8. The number of benzene rings is 1. The molecule has 1 aromatic carbocycles. The topological polar surface area (TPSA) is 90.3 Å². The van der Waals surface area contributed by atoms with E-state index in [1.807, 2.05) is 17.5 Å². The first-order chi connectivity index (χ1) is 13.9. The van der Waals surface area contributed by atoms with Gasteiger partial charge in [-0.25, -0.2) is 8.42 Å². The summed E-state index contributed by atoms with van der Waals surface area (Å²) < 4.78 is 30.7. The molecule has 152 valence electrons. The number of methoxy groups -OCH3 is 1. The van der Waals surface area contributed by atoms with Crippen LogP contribution in [0.5, 0.6) is 5.75 Å². The van der Waals surface area contributed by atoms with Crippen LogP contribution >= 0.6 is 22.9 Å². The Bertz CT molecular complexity index is 1160. The SMILES string of the molecule is COc1ccc(NC(=O)c2cc(-c3cccs3)n([C@H]3CCS(=O)(=O)C3)n2)cc1Cl. The highest BCUT2D eigenvalue weighted by atomic mass is 35.5. The van der Waals surface area contributed by atoms with E-state index in [0.717, 1.165) is 10.6 Å². The largest absolute Gasteiger partial charge is 0.495 e. The molecule has 10 heteroatoms. The molecule has 0 aliphatic carbocycles. The number of amides is 1. The second-order valence-electron chi connectivity index (χ2n) is 6.70. The zero-order valence-corrected chi connectivity index (χ0v) is 17.9. The summed E-state index contributed by atoms with van der Waals surface area (Å²) in [5.74, 6) is 0.273. The van der Waals surface area contributed by atoms with Gasteiger partial charge in [-0.3, -0.25) is 9.48 Å². The Hall–Kier alpha value is -2.36. The fourth-order valence-electron chi connectivity index (χ4n) is 3.30. The smallest absolute Gasteiger partial charge is 0.276 e. The predicted molar refractivity (Wildman–Crippen MR) is 114 cm³/mol. The van der Waals surface area contributed by atoms with E-state index < -0.39 is 15.7 Å². The first-order valence-corrected chi connectivity index (χ1v) is 11.9. The van der Waals surface area contributed by atoms with Gasteiger partial charge in [-0.15, -0.1) is 11.3 Å². The van der Waals surface area contributed by atoms with E-state index in [9.17, 15) is 13.2 Å². The van der Waals surface area contributed by atoms with Crippen molar-refractivity contribution in [1.29, 1.82) is 0 Å². The van der Waals surface area contributed by atoms with Crippen LogP contribution < -0.4 is 10.1 Å². The fraction of sp³-hybridized carbons (Fsp3) is 0.263. The fourth-order valence-corrected chi connectivity index (χ4v) is 5.98. The van der Waals surface area contributed by atoms with E-state index in [-0.39, 0.29) is 23.2 Å². The lowest BCUT2D eigenvalue weighted by Gasteiger charge is -2.12. The molecule has 1 atom stereocenters. The lowest BCUT2D eigenvalue weighted by atomic mass is 10.2. The summed E-state index contributed by atoms with van der Waals surface area (Å²) in [7, 11) is -1.57. The van der Waals surface area contributed by atoms with Crippen LogP contribution in [-0.2, 0) is 9.84 Å². The molecule has 2 aromatic heterocycles. The van der Waals surface area contributed by atoms with Crippen molar-refractivity contribution in [3.05, 3.63) is 52.5 Å². The van der Waals surface area contributed by atoms with Crippen LogP contribution in [-0.4, -0.2) is 42.7 Å². The minimum Gasteiger partial charge on any atom is -0.495 e. The number of aromatic nitrogens is 2. The van der Waals surface area contributed by atoms with Crippen LogP contribution in [0.2, 0.25) is 5.02 Å². The number of anilines is 1. The normalized spacial score (nSPS) is 17.9. The Morgan fingerprint density at radius 2 is 2.17 bits per heavy atom. The number of sulfone groups is 1. The van der Waals surface area contributed by atoms with Crippen molar-refractivity contribution in [3.8, 4) is 16.3 Å². The van der Waals surface area contributed by atoms with Gasteiger partial charge in [0, 0.05) is 5.69 Å². The Kier molecular flexibility index (Phi) is 5.37. The van der Waals surface area contributed by atoms with Crippen LogP contribution in [0.1, 0.15) is 23.0 Å². The highest BCUT2D eigenvalue weighted by molar-refractivity contribution is 7.91. The van der Waals surface area contributed by atoms with Gasteiger partial charge < -0.3 is 10.1 Å². The zero-order valence-electron chi connectivity index (χ0n) is 15.5. The van der Waals surface area contributed by atoms with Crippen LogP contribution in [0, 0.1) is 0 Å². The number of hydrogen-bond acceptors (Lipinski definition) is 6. The number of thiophene rings is 1. The summed E-state index contributed by atoms with van der Waals surface area (Å²) in [6, 6.07) is 10.2. The molecule has 3 heterocycles. The van der Waals surface area contributed by atoms with Gasteiger partial charge in [-0.1, -0.05) is 17.7 Å². The quantitative estimate of drug-likeness (QED) is 0.635. The molecule has 1 N–H and O–H groups in total. The molecular weight excluding hydrogens is 434 g/mol. The van der Waals surface area contributed by atoms with Gasteiger partial charge in [0.2, 0.25) is 0 Å². The van der Waals surface area contributed by atoms with Crippen molar-refractivity contribution in [2.75, 3.05) is 23.9 Å². The summed E-state index contributed by atoms with van der Waals surface area (Å²) in [6.07, 6.45) is 0.484. The van der Waals surface area contributed by atoms with Crippen molar-refractivity contribution >= 4 is 44.4 Å². The monoisotopic (exact) mass is 451 g/mol. The third-order valence-electron chi connectivity index (χ3n) is 4.71. The van der Waals surface area contributed by atoms with Crippen molar-refractivity contribution in [1.82, 2.24) is 9.78 Å². The Morgan fingerprint density at radius 3 is 2.79 bits per heavy atom. The Balaban J connectivity index is 1.64. The third-order valence-corrected chi connectivity index (χ3v) is 7.64. The average molecular weight is 452 g/mol. The molecule has 0 saturated carbocycles. The van der Waals surface area contributed by atoms with Crippen LogP contribution in [0.15, 0.2) is 41.8 Å². The summed E-state index contributed by atoms with van der Waals surface area (Å²) in [5, 5.41) is 9.54. The van der Waals surface area contributed by atoms with Crippen LogP contribution in [0.3, 0.4) is 0 Å². The first kappa shape index (κ1) is 19.9. The molecule has 0 bridgehead atoms. The standard InChI is InChI=1S/C19H18ClN3O4S2/c1-27-17-5-4-12(9-14(17)20)21-19(24)15-10-16(18-3-2-7-28-18)23(22-15)13-6-8-29(25,26)11-13/h2-5,7,9-10,13H,6,8,11H2,1H3,(H,21,24)/t13-/m0/s1. The highest BCUT2D eigenvalue weighted by Gasteiger charge is 2.32. The molecule has 4 rings (SSSR count). The summed E-state index contributed by atoms with van der Waals surface area (Å²) in [4.78, 5) is 13.7. The average Bonchev–Trinajstić information content (AvgIpc) is 3.40. The van der Waals surface area contributed by atoms with Crippen LogP contribution in [0.4, 0.5) is 5.69 Å². The second-order valence-corrected chi connectivity index (χ2v) is 10.3. The van der Waals surface area contributed by atoms with E-state index in [4.69, 9.17) is 16.3 Å². The van der Waals surface area contributed by atoms with E-state index in [0.29, 0.717) is 22.9 Å². The van der Waals surface area contributed by atoms with Gasteiger partial charge in [0.15, 0.2) is 15.5 Å². The molecule has 1 amide bonds. The maximum absolute atomic E-state index is 12.8. The molecule has 1 aliphatic rings. The molecular formula is C19H18ClN3O4S2. The second kappa shape index (κ2) is 7.81. The number of ether oxygens (including phenoxy) is 1. The first-order valence-electron chi connectivity index (χ1n) is 8.85. The zero-order chi connectivity index (χ0) is 20.6. The van der Waals surface area contributed by atoms with E-state index in [1.54, 1.807) is 28.9 Å². The van der Waals surface area contributed by atoms with Gasteiger partial charge in [0.25, 0.3) is 5.91 Å². The Labute approximate surface area is 177 Å². The number of carbonyl (C=O) groups excluding carboxylic acids is 1. The summed E-state index contributed by atoms with van der Waals surface area (Å²) in [5.41, 5.74) is 1.46. The number of carbonyl (C=O) groups is 1. The van der Waals surface area contributed by atoms with Gasteiger partial charge in [-0.2, -0.15) is 5.10 Å². The lowest BCUT2D eigenvalue weighted by Crippen LogP contribution is -2.16. The van der Waals surface area contributed by atoms with E-state index >= 15 is 0 Å². The van der Waals surface area contributed by atoms with E-state index in [2.05, 4.69) is 10.4 Å². The maximum Gasteiger partial charge on any atom is 0.276 e. The minimum atomic E-state index is -3.08. The molecule has 1 saturated heterocycles. The van der Waals surface area contributed by atoms with Crippen molar-refractivity contribution in [2.45, 2.75) is 12.5 Å². The number of nitrogens with zero attached hydrogens (tertiary/aromatic N) is 2. The predicted octanol–water partition coefficient (Wildman–Crippen LogP) is 3.89. The van der Waals surface area contributed by atoms with Gasteiger partial charge >= 0.3 is 0 Å². The number of nitrogens with one attached hydrogen (secondary N) is 1. The van der Waals surface area contributed by atoms with Gasteiger partial charge in [-0.05, 0) is 42.1 Å². The van der Waals surface area contributed by atoms with Gasteiger partial charge in [0.1, 0.15) is 5.75 Å². The number of hydrogen-bond donors (Lipinski definition) is 1. The van der Waals surface area contributed by atoms with Crippen molar-refractivity contribution in [2.24, 2.45) is 0 Å². The van der Waals surface area contributed by atoms with Crippen molar-refractivity contribution in [3.63, 3.8) is 0 Å². The number of rotatable bonds is 5. The molecule has 0 radical (unpaired) electrons. The summed E-state index contributed by atoms with van der Waals surface area (Å²) in [6.45, 7) is 0.